The van der Waals surface area contributed by atoms with Crippen molar-refractivity contribution < 1.29 is 26.7 Å². The molecule has 0 saturated heterocycles. The SMILES string of the molecule is CCC1CCC(C2CCC(CCc3ccc(OC(F)(F)C(F)(F)F)cc3)CC2)CC1. The van der Waals surface area contributed by atoms with Crippen LogP contribution in [0.2, 0.25) is 0 Å². The number of ether oxygens (including phenoxy) is 1. The second-order valence-electron chi connectivity index (χ2n) is 9.27. The van der Waals surface area contributed by atoms with Crippen LogP contribution in [0.25, 0.3) is 0 Å². The number of benzene rings is 1. The first-order valence-electron chi connectivity index (χ1n) is 11.4. The molecule has 0 N–H and O–H groups in total. The molecule has 0 radical (unpaired) electrons. The molecular formula is C24H33F5O. The minimum absolute atomic E-state index is 0.473. The van der Waals surface area contributed by atoms with Crippen molar-refractivity contribution in [3.8, 4) is 5.75 Å². The highest BCUT2D eigenvalue weighted by Gasteiger charge is 2.61. The van der Waals surface area contributed by atoms with Crippen molar-refractivity contribution in [1.82, 2.24) is 0 Å². The summed E-state index contributed by atoms with van der Waals surface area (Å²) < 4.78 is 66.5. The molecule has 6 heteroatoms. The third-order valence-electron chi connectivity index (χ3n) is 7.37. The number of aryl methyl sites for hydroxylation is 1. The van der Waals surface area contributed by atoms with Crippen molar-refractivity contribution in [3.05, 3.63) is 29.8 Å². The normalized spacial score (nSPS) is 28.3. The minimum Gasteiger partial charge on any atom is -0.426 e. The molecule has 1 aromatic rings. The van der Waals surface area contributed by atoms with Gasteiger partial charge in [-0.05, 0) is 79.9 Å². The van der Waals surface area contributed by atoms with Gasteiger partial charge in [-0.2, -0.15) is 22.0 Å². The van der Waals surface area contributed by atoms with E-state index in [0.717, 1.165) is 36.2 Å². The molecular weight excluding hydrogens is 399 g/mol. The van der Waals surface area contributed by atoms with E-state index in [-0.39, 0.29) is 0 Å². The lowest BCUT2D eigenvalue weighted by Gasteiger charge is -2.37. The number of rotatable bonds is 7. The Bertz CT molecular complexity index is 639. The van der Waals surface area contributed by atoms with E-state index in [0.29, 0.717) is 5.92 Å². The van der Waals surface area contributed by atoms with E-state index in [1.807, 2.05) is 0 Å². The Labute approximate surface area is 176 Å². The fourth-order valence-electron chi connectivity index (χ4n) is 5.32. The third-order valence-corrected chi connectivity index (χ3v) is 7.37. The van der Waals surface area contributed by atoms with Crippen LogP contribution in [-0.4, -0.2) is 12.3 Å². The minimum atomic E-state index is -5.72. The predicted molar refractivity (Wildman–Crippen MR) is 108 cm³/mol. The Hall–Kier alpha value is -1.33. The van der Waals surface area contributed by atoms with Crippen molar-refractivity contribution in [2.75, 3.05) is 0 Å². The molecule has 1 nitrogen and oxygen atoms in total. The Balaban J connectivity index is 1.39. The quantitative estimate of drug-likeness (QED) is 0.395. The van der Waals surface area contributed by atoms with E-state index in [1.165, 1.54) is 69.9 Å². The van der Waals surface area contributed by atoms with Crippen molar-refractivity contribution in [2.24, 2.45) is 23.7 Å². The molecule has 0 spiro atoms. The molecule has 0 atom stereocenters. The summed E-state index contributed by atoms with van der Waals surface area (Å²) in [7, 11) is 0. The van der Waals surface area contributed by atoms with Gasteiger partial charge in [0.15, 0.2) is 0 Å². The van der Waals surface area contributed by atoms with E-state index in [9.17, 15) is 22.0 Å². The maximum absolute atomic E-state index is 13.0. The molecule has 0 bridgehead atoms. The zero-order valence-electron chi connectivity index (χ0n) is 17.7. The first kappa shape index (κ1) is 23.3. The molecule has 2 fully saturated rings. The maximum atomic E-state index is 13.0. The molecule has 0 heterocycles. The van der Waals surface area contributed by atoms with E-state index in [4.69, 9.17) is 0 Å². The predicted octanol–water partition coefficient (Wildman–Crippen LogP) is 8.18. The molecule has 2 aliphatic carbocycles. The lowest BCUT2D eigenvalue weighted by atomic mass is 9.68. The van der Waals surface area contributed by atoms with E-state index >= 15 is 0 Å². The average Bonchev–Trinajstić information content (AvgIpc) is 2.73. The first-order chi connectivity index (χ1) is 14.2. The Morgan fingerprint density at radius 1 is 0.767 bits per heavy atom. The standard InChI is InChI=1S/C24H33F5O/c1-2-17-5-11-20(12-6-17)21-13-7-18(8-14-21)3-4-19-9-15-22(16-10-19)30-24(28,29)23(25,26)27/h9-10,15-18,20-21H,2-8,11-14H2,1H3. The van der Waals surface area contributed by atoms with Crippen LogP contribution in [0.1, 0.15) is 76.7 Å². The zero-order chi connectivity index (χ0) is 21.8. The summed E-state index contributed by atoms with van der Waals surface area (Å²) >= 11 is 0. The molecule has 30 heavy (non-hydrogen) atoms. The van der Waals surface area contributed by atoms with E-state index in [2.05, 4.69) is 11.7 Å². The smallest absolute Gasteiger partial charge is 0.426 e. The largest absolute Gasteiger partial charge is 0.499 e. The number of halogens is 5. The number of hydrogen-bond donors (Lipinski definition) is 0. The van der Waals surface area contributed by atoms with Gasteiger partial charge in [0.05, 0.1) is 0 Å². The zero-order valence-corrected chi connectivity index (χ0v) is 17.7. The number of alkyl halides is 5. The van der Waals surface area contributed by atoms with Gasteiger partial charge in [0, 0.05) is 0 Å². The maximum Gasteiger partial charge on any atom is 0.499 e. The van der Waals surface area contributed by atoms with Crippen LogP contribution in [-0.2, 0) is 6.42 Å². The highest BCUT2D eigenvalue weighted by Crippen LogP contribution is 2.43. The monoisotopic (exact) mass is 432 g/mol. The molecule has 0 amide bonds. The third kappa shape index (κ3) is 6.10. The summed E-state index contributed by atoms with van der Waals surface area (Å²) in [6.45, 7) is 2.30. The molecule has 2 aliphatic rings. The van der Waals surface area contributed by atoms with Crippen molar-refractivity contribution in [2.45, 2.75) is 89.8 Å². The van der Waals surface area contributed by atoms with Gasteiger partial charge in [-0.15, -0.1) is 0 Å². The summed E-state index contributed by atoms with van der Waals surface area (Å²) in [6, 6.07) is 5.55. The molecule has 3 rings (SSSR count). The van der Waals surface area contributed by atoms with Crippen molar-refractivity contribution >= 4 is 0 Å². The van der Waals surface area contributed by atoms with Gasteiger partial charge in [0.1, 0.15) is 5.75 Å². The first-order valence-corrected chi connectivity index (χ1v) is 11.4. The second-order valence-corrected chi connectivity index (χ2v) is 9.27. The van der Waals surface area contributed by atoms with Crippen LogP contribution in [0.15, 0.2) is 24.3 Å². The van der Waals surface area contributed by atoms with E-state index in [1.54, 1.807) is 12.1 Å². The van der Waals surface area contributed by atoms with Gasteiger partial charge in [0.25, 0.3) is 0 Å². The topological polar surface area (TPSA) is 9.23 Å². The average molecular weight is 433 g/mol. The Kier molecular flexibility index (Phi) is 7.67. The highest BCUT2D eigenvalue weighted by molar-refractivity contribution is 5.27. The summed E-state index contributed by atoms with van der Waals surface area (Å²) in [6.07, 6.45) is 2.98. The van der Waals surface area contributed by atoms with Gasteiger partial charge in [-0.1, -0.05) is 51.2 Å². The van der Waals surface area contributed by atoms with Crippen molar-refractivity contribution in [3.63, 3.8) is 0 Å². The van der Waals surface area contributed by atoms with Gasteiger partial charge in [-0.25, -0.2) is 0 Å². The molecule has 1 aromatic carbocycles. The van der Waals surface area contributed by atoms with Crippen LogP contribution in [0.3, 0.4) is 0 Å². The summed E-state index contributed by atoms with van der Waals surface area (Å²) in [5.41, 5.74) is 0.942. The lowest BCUT2D eigenvalue weighted by molar-refractivity contribution is -0.360. The van der Waals surface area contributed by atoms with Crippen LogP contribution in [0, 0.1) is 23.7 Å². The molecule has 0 aromatic heterocycles. The molecule has 0 unspecified atom stereocenters. The molecule has 2 saturated carbocycles. The molecule has 170 valence electrons. The highest BCUT2D eigenvalue weighted by atomic mass is 19.4. The lowest BCUT2D eigenvalue weighted by Crippen LogP contribution is -2.41. The fraction of sp³-hybridized carbons (Fsp3) is 0.750. The van der Waals surface area contributed by atoms with Gasteiger partial charge in [-0.3, -0.25) is 0 Å². The fourth-order valence-corrected chi connectivity index (χ4v) is 5.32. The summed E-state index contributed by atoms with van der Waals surface area (Å²) in [5.74, 6) is 2.94. The van der Waals surface area contributed by atoms with Crippen molar-refractivity contribution in [1.29, 1.82) is 0 Å². The Morgan fingerprint density at radius 3 is 1.73 bits per heavy atom. The van der Waals surface area contributed by atoms with Crippen LogP contribution in [0.4, 0.5) is 22.0 Å². The number of hydrogen-bond acceptors (Lipinski definition) is 1. The molecule has 0 aliphatic heterocycles. The van der Waals surface area contributed by atoms with Crippen LogP contribution < -0.4 is 4.74 Å². The van der Waals surface area contributed by atoms with Gasteiger partial charge in [0.2, 0.25) is 0 Å². The Morgan fingerprint density at radius 2 is 1.27 bits per heavy atom. The van der Waals surface area contributed by atoms with E-state index < -0.39 is 18.0 Å². The summed E-state index contributed by atoms with van der Waals surface area (Å²) in [5, 5.41) is 0. The van der Waals surface area contributed by atoms with Gasteiger partial charge < -0.3 is 4.74 Å². The summed E-state index contributed by atoms with van der Waals surface area (Å²) in [4.78, 5) is 0. The second kappa shape index (κ2) is 9.86. The van der Waals surface area contributed by atoms with Crippen LogP contribution in [0.5, 0.6) is 5.75 Å². The van der Waals surface area contributed by atoms with Gasteiger partial charge >= 0.3 is 12.3 Å². The van der Waals surface area contributed by atoms with Crippen LogP contribution >= 0.6 is 0 Å².